The second-order valence-corrected chi connectivity index (χ2v) is 5.91. The number of rotatable bonds is 2. The van der Waals surface area contributed by atoms with Gasteiger partial charge in [0.05, 0.1) is 5.56 Å². The SMILES string of the molecule is CCC1CN(C(=O)c2ccc(N)cc2N)CCS1. The molecule has 1 atom stereocenters. The summed E-state index contributed by atoms with van der Waals surface area (Å²) >= 11 is 1.94. The summed E-state index contributed by atoms with van der Waals surface area (Å²) in [6.07, 6.45) is 1.09. The fourth-order valence-corrected chi connectivity index (χ4v) is 3.28. The smallest absolute Gasteiger partial charge is 0.256 e. The monoisotopic (exact) mass is 265 g/mol. The van der Waals surface area contributed by atoms with E-state index in [9.17, 15) is 4.79 Å². The first-order valence-corrected chi connectivity index (χ1v) is 7.22. The van der Waals surface area contributed by atoms with E-state index in [-0.39, 0.29) is 5.91 Å². The summed E-state index contributed by atoms with van der Waals surface area (Å²) in [4.78, 5) is 14.3. The van der Waals surface area contributed by atoms with Crippen molar-refractivity contribution in [3.63, 3.8) is 0 Å². The van der Waals surface area contributed by atoms with Gasteiger partial charge in [0, 0.05) is 35.5 Å². The molecule has 1 aromatic carbocycles. The Bertz CT molecular complexity index is 450. The van der Waals surface area contributed by atoms with Crippen molar-refractivity contribution in [3.8, 4) is 0 Å². The lowest BCUT2D eigenvalue weighted by Crippen LogP contribution is -2.42. The number of anilines is 2. The van der Waals surface area contributed by atoms with Gasteiger partial charge in [-0.15, -0.1) is 0 Å². The molecule has 98 valence electrons. The highest BCUT2D eigenvalue weighted by molar-refractivity contribution is 8.00. The third kappa shape index (κ3) is 2.72. The van der Waals surface area contributed by atoms with E-state index in [4.69, 9.17) is 11.5 Å². The van der Waals surface area contributed by atoms with E-state index in [0.29, 0.717) is 22.2 Å². The van der Waals surface area contributed by atoms with Gasteiger partial charge >= 0.3 is 0 Å². The molecule has 0 aliphatic carbocycles. The molecule has 0 radical (unpaired) electrons. The molecule has 1 aliphatic rings. The molecule has 0 spiro atoms. The molecule has 0 aromatic heterocycles. The summed E-state index contributed by atoms with van der Waals surface area (Å²) in [5.41, 5.74) is 13.1. The average Bonchev–Trinajstić information content (AvgIpc) is 2.38. The quantitative estimate of drug-likeness (QED) is 0.800. The van der Waals surface area contributed by atoms with Crippen LogP contribution < -0.4 is 11.5 Å². The summed E-state index contributed by atoms with van der Waals surface area (Å²) < 4.78 is 0. The van der Waals surface area contributed by atoms with Crippen molar-refractivity contribution in [2.75, 3.05) is 30.3 Å². The number of nitrogens with zero attached hydrogens (tertiary/aromatic N) is 1. The topological polar surface area (TPSA) is 72.3 Å². The number of hydrogen-bond acceptors (Lipinski definition) is 4. The van der Waals surface area contributed by atoms with Crippen LogP contribution in [-0.4, -0.2) is 34.9 Å². The fourth-order valence-electron chi connectivity index (χ4n) is 2.10. The van der Waals surface area contributed by atoms with E-state index in [0.717, 1.165) is 25.3 Å². The lowest BCUT2D eigenvalue weighted by atomic mass is 10.1. The van der Waals surface area contributed by atoms with Gasteiger partial charge in [0.1, 0.15) is 0 Å². The van der Waals surface area contributed by atoms with Crippen LogP contribution in [0.5, 0.6) is 0 Å². The molecular weight excluding hydrogens is 246 g/mol. The molecule has 1 aliphatic heterocycles. The Morgan fingerprint density at radius 3 is 2.94 bits per heavy atom. The Balaban J connectivity index is 2.15. The van der Waals surface area contributed by atoms with Gasteiger partial charge in [0.15, 0.2) is 0 Å². The van der Waals surface area contributed by atoms with Crippen LogP contribution in [0.15, 0.2) is 18.2 Å². The maximum Gasteiger partial charge on any atom is 0.256 e. The van der Waals surface area contributed by atoms with Crippen molar-refractivity contribution in [2.24, 2.45) is 0 Å². The van der Waals surface area contributed by atoms with Crippen molar-refractivity contribution in [2.45, 2.75) is 18.6 Å². The Kier molecular flexibility index (Phi) is 4.01. The van der Waals surface area contributed by atoms with Crippen molar-refractivity contribution < 1.29 is 4.79 Å². The minimum absolute atomic E-state index is 0.0197. The summed E-state index contributed by atoms with van der Waals surface area (Å²) in [7, 11) is 0. The molecule has 1 amide bonds. The van der Waals surface area contributed by atoms with Gasteiger partial charge in [-0.25, -0.2) is 0 Å². The van der Waals surface area contributed by atoms with Crippen LogP contribution in [0.25, 0.3) is 0 Å². The van der Waals surface area contributed by atoms with Crippen LogP contribution in [0.1, 0.15) is 23.7 Å². The maximum atomic E-state index is 12.4. The first-order valence-electron chi connectivity index (χ1n) is 6.17. The third-order valence-electron chi connectivity index (χ3n) is 3.19. The number of benzene rings is 1. The van der Waals surface area contributed by atoms with Gasteiger partial charge in [-0.05, 0) is 24.6 Å². The molecule has 1 unspecified atom stereocenters. The summed E-state index contributed by atoms with van der Waals surface area (Å²) in [5, 5.41) is 0.540. The van der Waals surface area contributed by atoms with Gasteiger partial charge in [0.25, 0.3) is 5.91 Å². The van der Waals surface area contributed by atoms with E-state index >= 15 is 0 Å². The van der Waals surface area contributed by atoms with Crippen LogP contribution in [0.3, 0.4) is 0 Å². The molecule has 4 nitrogen and oxygen atoms in total. The molecule has 18 heavy (non-hydrogen) atoms. The predicted octanol–water partition coefficient (Wildman–Crippen LogP) is 1.82. The van der Waals surface area contributed by atoms with Crippen molar-refractivity contribution in [3.05, 3.63) is 23.8 Å². The minimum Gasteiger partial charge on any atom is -0.399 e. The summed E-state index contributed by atoms with van der Waals surface area (Å²) in [6, 6.07) is 5.08. The molecule has 1 fully saturated rings. The van der Waals surface area contributed by atoms with Crippen molar-refractivity contribution in [1.82, 2.24) is 4.90 Å². The second kappa shape index (κ2) is 5.52. The van der Waals surface area contributed by atoms with E-state index in [1.165, 1.54) is 0 Å². The van der Waals surface area contributed by atoms with E-state index in [1.54, 1.807) is 18.2 Å². The zero-order chi connectivity index (χ0) is 13.1. The largest absolute Gasteiger partial charge is 0.399 e. The van der Waals surface area contributed by atoms with Crippen LogP contribution in [0.2, 0.25) is 0 Å². The molecule has 5 heteroatoms. The van der Waals surface area contributed by atoms with Crippen LogP contribution >= 0.6 is 11.8 Å². The zero-order valence-electron chi connectivity index (χ0n) is 10.6. The molecule has 1 saturated heterocycles. The number of hydrogen-bond donors (Lipinski definition) is 2. The molecule has 1 aromatic rings. The normalized spacial score (nSPS) is 19.8. The Hall–Kier alpha value is -1.36. The van der Waals surface area contributed by atoms with Gasteiger partial charge < -0.3 is 16.4 Å². The highest BCUT2D eigenvalue weighted by Crippen LogP contribution is 2.24. The molecular formula is C13H19N3OS. The molecule has 0 saturated carbocycles. The van der Waals surface area contributed by atoms with Crippen LogP contribution in [0.4, 0.5) is 11.4 Å². The highest BCUT2D eigenvalue weighted by atomic mass is 32.2. The number of nitrogens with two attached hydrogens (primary N) is 2. The zero-order valence-corrected chi connectivity index (χ0v) is 11.4. The maximum absolute atomic E-state index is 12.4. The van der Waals surface area contributed by atoms with Crippen molar-refractivity contribution in [1.29, 1.82) is 0 Å². The highest BCUT2D eigenvalue weighted by Gasteiger charge is 2.24. The molecule has 2 rings (SSSR count). The van der Waals surface area contributed by atoms with E-state index in [2.05, 4.69) is 6.92 Å². The van der Waals surface area contributed by atoms with Gasteiger partial charge in [0.2, 0.25) is 0 Å². The van der Waals surface area contributed by atoms with Crippen molar-refractivity contribution >= 4 is 29.0 Å². The van der Waals surface area contributed by atoms with Crippen LogP contribution in [-0.2, 0) is 0 Å². The summed E-state index contributed by atoms with van der Waals surface area (Å²) in [5.74, 6) is 1.02. The Morgan fingerprint density at radius 1 is 1.50 bits per heavy atom. The molecule has 0 bridgehead atoms. The number of nitrogen functional groups attached to an aromatic ring is 2. The minimum atomic E-state index is 0.0197. The van der Waals surface area contributed by atoms with Crippen LogP contribution in [0, 0.1) is 0 Å². The average molecular weight is 265 g/mol. The predicted molar refractivity (Wildman–Crippen MR) is 77.7 cm³/mol. The lowest BCUT2D eigenvalue weighted by Gasteiger charge is -2.32. The number of carbonyl (C=O) groups is 1. The Morgan fingerprint density at radius 2 is 2.28 bits per heavy atom. The fraction of sp³-hybridized carbons (Fsp3) is 0.462. The Labute approximate surface area is 112 Å². The number of carbonyl (C=O) groups excluding carboxylic acids is 1. The number of amides is 1. The van der Waals surface area contributed by atoms with Gasteiger partial charge in [-0.3, -0.25) is 4.79 Å². The van der Waals surface area contributed by atoms with Gasteiger partial charge in [-0.1, -0.05) is 6.92 Å². The number of thioether (sulfide) groups is 1. The second-order valence-electron chi connectivity index (χ2n) is 4.50. The van der Waals surface area contributed by atoms with E-state index < -0.39 is 0 Å². The molecule has 4 N–H and O–H groups in total. The van der Waals surface area contributed by atoms with Gasteiger partial charge in [-0.2, -0.15) is 11.8 Å². The lowest BCUT2D eigenvalue weighted by molar-refractivity contribution is 0.0762. The molecule has 1 heterocycles. The first kappa shape index (κ1) is 13.1. The third-order valence-corrected chi connectivity index (χ3v) is 4.56. The van der Waals surface area contributed by atoms with E-state index in [1.807, 2.05) is 16.7 Å². The standard InChI is InChI=1S/C13H19N3OS/c1-2-10-8-16(5-6-18-10)13(17)11-4-3-9(14)7-12(11)15/h3-4,7,10H,2,5-6,8,14-15H2,1H3. The summed E-state index contributed by atoms with van der Waals surface area (Å²) in [6.45, 7) is 3.76. The first-order chi connectivity index (χ1) is 8.61.